The average molecular weight is 267 g/mol. The standard InChI is InChI=1S/C13H17NO5/c1-2-19-12(17)4-3-7-14-13(18)10-6-5-9(15)8-11(10)16/h5-6,8,15-16H,2-4,7H2,1H3,(H,14,18). The number of aromatic hydroxyl groups is 2. The fraction of sp³-hybridized carbons (Fsp3) is 0.385. The third-order valence-corrected chi connectivity index (χ3v) is 2.37. The summed E-state index contributed by atoms with van der Waals surface area (Å²) in [5.74, 6) is -1.16. The Balaban J connectivity index is 2.37. The van der Waals surface area contributed by atoms with Gasteiger partial charge < -0.3 is 20.3 Å². The number of rotatable bonds is 6. The van der Waals surface area contributed by atoms with Gasteiger partial charge in [0.15, 0.2) is 0 Å². The molecular weight excluding hydrogens is 250 g/mol. The molecule has 0 bridgehead atoms. The van der Waals surface area contributed by atoms with Crippen molar-refractivity contribution < 1.29 is 24.5 Å². The second-order valence-corrected chi connectivity index (χ2v) is 3.87. The number of benzene rings is 1. The molecule has 0 aliphatic heterocycles. The van der Waals surface area contributed by atoms with Gasteiger partial charge in [-0.25, -0.2) is 0 Å². The number of phenolic OH excluding ortho intramolecular Hbond substituents is 2. The van der Waals surface area contributed by atoms with Crippen molar-refractivity contribution in [1.82, 2.24) is 5.32 Å². The molecule has 0 radical (unpaired) electrons. The molecule has 3 N–H and O–H groups in total. The molecule has 19 heavy (non-hydrogen) atoms. The third-order valence-electron chi connectivity index (χ3n) is 2.37. The van der Waals surface area contributed by atoms with Crippen LogP contribution in [0.25, 0.3) is 0 Å². The minimum Gasteiger partial charge on any atom is -0.508 e. The Kier molecular flexibility index (Phi) is 5.66. The SMILES string of the molecule is CCOC(=O)CCCNC(=O)c1ccc(O)cc1O. The lowest BCUT2D eigenvalue weighted by Crippen LogP contribution is -2.25. The molecule has 1 amide bonds. The monoisotopic (exact) mass is 267 g/mol. The van der Waals surface area contributed by atoms with Crippen molar-refractivity contribution >= 4 is 11.9 Å². The van der Waals surface area contributed by atoms with E-state index in [-0.39, 0.29) is 29.5 Å². The van der Waals surface area contributed by atoms with Gasteiger partial charge in [-0.1, -0.05) is 0 Å². The van der Waals surface area contributed by atoms with Gasteiger partial charge in [0.05, 0.1) is 12.2 Å². The first-order valence-corrected chi connectivity index (χ1v) is 6.00. The molecule has 0 unspecified atom stereocenters. The van der Waals surface area contributed by atoms with Gasteiger partial charge in [0, 0.05) is 19.0 Å². The summed E-state index contributed by atoms with van der Waals surface area (Å²) in [6, 6.07) is 3.73. The van der Waals surface area contributed by atoms with Crippen LogP contribution in [0.5, 0.6) is 11.5 Å². The number of ether oxygens (including phenoxy) is 1. The van der Waals surface area contributed by atoms with Crippen LogP contribution < -0.4 is 5.32 Å². The number of amides is 1. The lowest BCUT2D eigenvalue weighted by molar-refractivity contribution is -0.143. The molecule has 1 aromatic rings. The zero-order valence-corrected chi connectivity index (χ0v) is 10.7. The number of esters is 1. The number of nitrogens with one attached hydrogen (secondary N) is 1. The molecule has 0 saturated carbocycles. The van der Waals surface area contributed by atoms with Gasteiger partial charge >= 0.3 is 5.97 Å². The van der Waals surface area contributed by atoms with Crippen molar-refractivity contribution in [3.8, 4) is 11.5 Å². The minimum atomic E-state index is -0.457. The first kappa shape index (κ1) is 14.8. The average Bonchev–Trinajstić information content (AvgIpc) is 2.34. The molecule has 0 aromatic heterocycles. The second kappa shape index (κ2) is 7.25. The topological polar surface area (TPSA) is 95.9 Å². The number of carbonyl (C=O) groups is 2. The highest BCUT2D eigenvalue weighted by Crippen LogP contribution is 2.22. The molecule has 6 heteroatoms. The van der Waals surface area contributed by atoms with Crippen LogP contribution in [-0.2, 0) is 9.53 Å². The van der Waals surface area contributed by atoms with Gasteiger partial charge in [-0.05, 0) is 25.5 Å². The van der Waals surface area contributed by atoms with Crippen LogP contribution in [0.15, 0.2) is 18.2 Å². The fourth-order valence-corrected chi connectivity index (χ4v) is 1.48. The van der Waals surface area contributed by atoms with E-state index in [9.17, 15) is 14.7 Å². The van der Waals surface area contributed by atoms with E-state index < -0.39 is 5.91 Å². The Morgan fingerprint density at radius 2 is 2.05 bits per heavy atom. The van der Waals surface area contributed by atoms with Crippen molar-refractivity contribution in [2.45, 2.75) is 19.8 Å². The smallest absolute Gasteiger partial charge is 0.305 e. The number of phenols is 2. The van der Waals surface area contributed by atoms with Gasteiger partial charge in [-0.15, -0.1) is 0 Å². The molecule has 104 valence electrons. The molecule has 0 aliphatic carbocycles. The van der Waals surface area contributed by atoms with Crippen molar-refractivity contribution in [3.05, 3.63) is 23.8 Å². The van der Waals surface area contributed by atoms with Gasteiger partial charge in [0.1, 0.15) is 11.5 Å². The van der Waals surface area contributed by atoms with Crippen LogP contribution in [0.2, 0.25) is 0 Å². The van der Waals surface area contributed by atoms with Crippen LogP contribution in [0.4, 0.5) is 0 Å². The molecule has 6 nitrogen and oxygen atoms in total. The molecular formula is C13H17NO5. The van der Waals surface area contributed by atoms with Crippen molar-refractivity contribution in [2.75, 3.05) is 13.2 Å². The van der Waals surface area contributed by atoms with Crippen LogP contribution in [-0.4, -0.2) is 35.2 Å². The molecule has 0 spiro atoms. The summed E-state index contributed by atoms with van der Waals surface area (Å²) in [5, 5.41) is 21.2. The van der Waals surface area contributed by atoms with E-state index in [0.717, 1.165) is 6.07 Å². The van der Waals surface area contributed by atoms with Crippen LogP contribution >= 0.6 is 0 Å². The molecule has 0 saturated heterocycles. The second-order valence-electron chi connectivity index (χ2n) is 3.87. The van der Waals surface area contributed by atoms with E-state index in [4.69, 9.17) is 9.84 Å². The van der Waals surface area contributed by atoms with E-state index in [1.165, 1.54) is 12.1 Å². The summed E-state index contributed by atoms with van der Waals surface area (Å²) in [6.07, 6.45) is 0.694. The predicted molar refractivity (Wildman–Crippen MR) is 68.0 cm³/mol. The Bertz CT molecular complexity index is 458. The molecule has 0 fully saturated rings. The third kappa shape index (κ3) is 4.87. The Hall–Kier alpha value is -2.24. The molecule has 0 aliphatic rings. The molecule has 0 atom stereocenters. The van der Waals surface area contributed by atoms with Crippen molar-refractivity contribution in [2.24, 2.45) is 0 Å². The van der Waals surface area contributed by atoms with Crippen molar-refractivity contribution in [1.29, 1.82) is 0 Å². The Morgan fingerprint density at radius 3 is 2.68 bits per heavy atom. The van der Waals surface area contributed by atoms with E-state index in [1.807, 2.05) is 0 Å². The fourth-order valence-electron chi connectivity index (χ4n) is 1.48. The normalized spacial score (nSPS) is 9.95. The van der Waals surface area contributed by atoms with Gasteiger partial charge in [-0.2, -0.15) is 0 Å². The molecule has 1 rings (SSSR count). The largest absolute Gasteiger partial charge is 0.508 e. The summed E-state index contributed by atoms with van der Waals surface area (Å²) in [4.78, 5) is 22.7. The number of carbonyl (C=O) groups excluding carboxylic acids is 2. The summed E-state index contributed by atoms with van der Waals surface area (Å²) >= 11 is 0. The number of hydrogen-bond donors (Lipinski definition) is 3. The van der Waals surface area contributed by atoms with Crippen LogP contribution in [0, 0.1) is 0 Å². The Morgan fingerprint density at radius 1 is 1.32 bits per heavy atom. The molecule has 1 aromatic carbocycles. The lowest BCUT2D eigenvalue weighted by Gasteiger charge is -2.07. The maximum Gasteiger partial charge on any atom is 0.305 e. The predicted octanol–water partition coefficient (Wildman–Crippen LogP) is 1.17. The highest BCUT2D eigenvalue weighted by atomic mass is 16.5. The highest BCUT2D eigenvalue weighted by molar-refractivity contribution is 5.96. The van der Waals surface area contributed by atoms with Gasteiger partial charge in [0.2, 0.25) is 0 Å². The molecule has 0 heterocycles. The van der Waals surface area contributed by atoms with E-state index in [2.05, 4.69) is 5.32 Å². The summed E-state index contributed by atoms with van der Waals surface area (Å²) < 4.78 is 4.75. The number of hydrogen-bond acceptors (Lipinski definition) is 5. The summed E-state index contributed by atoms with van der Waals surface area (Å²) in [6.45, 7) is 2.37. The van der Waals surface area contributed by atoms with E-state index >= 15 is 0 Å². The van der Waals surface area contributed by atoms with Crippen LogP contribution in [0.1, 0.15) is 30.1 Å². The zero-order valence-electron chi connectivity index (χ0n) is 10.7. The lowest BCUT2D eigenvalue weighted by atomic mass is 10.1. The van der Waals surface area contributed by atoms with Crippen molar-refractivity contribution in [3.63, 3.8) is 0 Å². The zero-order chi connectivity index (χ0) is 14.3. The minimum absolute atomic E-state index is 0.0777. The maximum absolute atomic E-state index is 11.7. The summed E-state index contributed by atoms with van der Waals surface area (Å²) in [7, 11) is 0. The first-order valence-electron chi connectivity index (χ1n) is 6.00. The van der Waals surface area contributed by atoms with Gasteiger partial charge in [-0.3, -0.25) is 9.59 Å². The van der Waals surface area contributed by atoms with E-state index in [1.54, 1.807) is 6.92 Å². The maximum atomic E-state index is 11.7. The first-order chi connectivity index (χ1) is 9.04. The van der Waals surface area contributed by atoms with Gasteiger partial charge in [0.25, 0.3) is 5.91 Å². The quantitative estimate of drug-likeness (QED) is 0.531. The van der Waals surface area contributed by atoms with E-state index in [0.29, 0.717) is 19.6 Å². The Labute approximate surface area is 111 Å². The summed E-state index contributed by atoms with van der Waals surface area (Å²) in [5.41, 5.74) is 0.0777. The highest BCUT2D eigenvalue weighted by Gasteiger charge is 2.11. The van der Waals surface area contributed by atoms with Crippen LogP contribution in [0.3, 0.4) is 0 Å².